The lowest BCUT2D eigenvalue weighted by Gasteiger charge is -2.33. The molecule has 98 valence electrons. The number of aliphatic hydroxyl groups excluding tert-OH is 1. The Labute approximate surface area is 105 Å². The highest BCUT2D eigenvalue weighted by molar-refractivity contribution is 5.30. The largest absolute Gasteiger partial charge is 0.508 e. The molecule has 0 unspecified atom stereocenters. The molecular formula is C14H25NO2. The van der Waals surface area contributed by atoms with Crippen molar-refractivity contribution in [2.75, 3.05) is 20.6 Å². The highest BCUT2D eigenvalue weighted by Crippen LogP contribution is 2.26. The van der Waals surface area contributed by atoms with E-state index in [-0.39, 0.29) is 11.7 Å². The van der Waals surface area contributed by atoms with Crippen molar-refractivity contribution >= 4 is 0 Å². The first-order chi connectivity index (χ1) is 7.71. The third-order valence-corrected chi connectivity index (χ3v) is 2.91. The molecule has 0 saturated carbocycles. The van der Waals surface area contributed by atoms with Crippen LogP contribution >= 0.6 is 0 Å². The van der Waals surface area contributed by atoms with Crippen molar-refractivity contribution in [1.29, 1.82) is 0 Å². The van der Waals surface area contributed by atoms with Gasteiger partial charge in [-0.1, -0.05) is 19.6 Å². The molecule has 0 rings (SSSR count). The van der Waals surface area contributed by atoms with E-state index in [4.69, 9.17) is 0 Å². The van der Waals surface area contributed by atoms with Gasteiger partial charge in [0.25, 0.3) is 0 Å². The average Bonchev–Trinajstić information content (AvgIpc) is 2.16. The molecule has 0 aromatic heterocycles. The Hall–Kier alpha value is -1.06. The van der Waals surface area contributed by atoms with Crippen molar-refractivity contribution in [3.8, 4) is 0 Å². The van der Waals surface area contributed by atoms with Crippen molar-refractivity contribution in [3.05, 3.63) is 36.1 Å². The lowest BCUT2D eigenvalue weighted by atomic mass is 9.83. The zero-order chi connectivity index (χ0) is 13.6. The lowest BCUT2D eigenvalue weighted by Crippen LogP contribution is -2.39. The van der Waals surface area contributed by atoms with Gasteiger partial charge in [0.15, 0.2) is 0 Å². The van der Waals surface area contributed by atoms with Gasteiger partial charge in [-0.05, 0) is 45.7 Å². The number of aliphatic hydroxyl groups is 2. The van der Waals surface area contributed by atoms with Crippen LogP contribution in [0.2, 0.25) is 0 Å². The van der Waals surface area contributed by atoms with Crippen LogP contribution in [-0.4, -0.2) is 41.4 Å². The first kappa shape index (κ1) is 15.9. The van der Waals surface area contributed by atoms with Crippen LogP contribution in [-0.2, 0) is 0 Å². The molecule has 3 heteroatoms. The standard InChI is InChI=1S/C14H25NO2/c1-7-8-13(16)9-11(2)14(4,17)12(3)10-15(5)6/h7-9,12,16-17H,2,10H2,1,3-6H3/b8-7-,13-9+/t12-,14+/m0/s1. The molecule has 17 heavy (non-hydrogen) atoms. The van der Waals surface area contributed by atoms with Crippen LogP contribution in [0.1, 0.15) is 20.8 Å². The second-order valence-corrected chi connectivity index (χ2v) is 4.91. The summed E-state index contributed by atoms with van der Waals surface area (Å²) < 4.78 is 0. The summed E-state index contributed by atoms with van der Waals surface area (Å²) in [5.41, 5.74) is -0.512. The van der Waals surface area contributed by atoms with Crippen LogP contribution in [0, 0.1) is 5.92 Å². The summed E-state index contributed by atoms with van der Waals surface area (Å²) in [5, 5.41) is 20.0. The maximum absolute atomic E-state index is 10.4. The molecule has 0 bridgehead atoms. The Bertz CT molecular complexity index is 314. The third kappa shape index (κ3) is 5.20. The zero-order valence-corrected chi connectivity index (χ0v) is 11.6. The van der Waals surface area contributed by atoms with Crippen LogP contribution in [0.15, 0.2) is 36.1 Å². The summed E-state index contributed by atoms with van der Waals surface area (Å²) in [6.45, 7) is 10.1. The number of nitrogens with zero attached hydrogens (tertiary/aromatic N) is 1. The van der Waals surface area contributed by atoms with E-state index in [0.717, 1.165) is 6.54 Å². The maximum atomic E-state index is 10.4. The number of allylic oxidation sites excluding steroid dienone is 2. The Kier molecular flexibility index (Phi) is 6.21. The number of hydrogen-bond donors (Lipinski definition) is 2. The van der Waals surface area contributed by atoms with Crippen LogP contribution in [0.3, 0.4) is 0 Å². The summed E-state index contributed by atoms with van der Waals surface area (Å²) in [5.74, 6) is 0.134. The van der Waals surface area contributed by atoms with E-state index in [0.29, 0.717) is 5.57 Å². The summed E-state index contributed by atoms with van der Waals surface area (Å²) in [6.07, 6.45) is 4.81. The second kappa shape index (κ2) is 6.62. The molecule has 3 nitrogen and oxygen atoms in total. The van der Waals surface area contributed by atoms with Crippen molar-refractivity contribution in [3.63, 3.8) is 0 Å². The van der Waals surface area contributed by atoms with Gasteiger partial charge in [-0.3, -0.25) is 0 Å². The second-order valence-electron chi connectivity index (χ2n) is 4.91. The molecule has 0 spiro atoms. The fraction of sp³-hybridized carbons (Fsp3) is 0.571. The molecule has 0 aliphatic heterocycles. The molecule has 2 atom stereocenters. The SMILES string of the molecule is C=C(/C=C(O)\C=C/C)[C@@](C)(O)[C@@H](C)CN(C)C. The molecule has 0 fully saturated rings. The normalized spacial score (nSPS) is 18.4. The predicted octanol–water partition coefficient (Wildman–Crippen LogP) is 2.51. The van der Waals surface area contributed by atoms with Gasteiger partial charge in [-0.25, -0.2) is 0 Å². The predicted molar refractivity (Wildman–Crippen MR) is 73.0 cm³/mol. The van der Waals surface area contributed by atoms with Crippen LogP contribution < -0.4 is 0 Å². The van der Waals surface area contributed by atoms with Crippen LogP contribution in [0.25, 0.3) is 0 Å². The van der Waals surface area contributed by atoms with Gasteiger partial charge in [0.05, 0.1) is 5.60 Å². The average molecular weight is 239 g/mol. The molecule has 0 aliphatic rings. The maximum Gasteiger partial charge on any atom is 0.115 e. The molecular weight excluding hydrogens is 214 g/mol. The van der Waals surface area contributed by atoms with E-state index >= 15 is 0 Å². The van der Waals surface area contributed by atoms with E-state index in [1.807, 2.05) is 32.8 Å². The zero-order valence-electron chi connectivity index (χ0n) is 11.6. The Morgan fingerprint density at radius 1 is 1.47 bits per heavy atom. The molecule has 0 amide bonds. The minimum Gasteiger partial charge on any atom is -0.508 e. The van der Waals surface area contributed by atoms with Crippen molar-refractivity contribution in [2.45, 2.75) is 26.4 Å². The quantitative estimate of drug-likeness (QED) is 0.553. The molecule has 2 N–H and O–H groups in total. The van der Waals surface area contributed by atoms with Gasteiger partial charge in [0, 0.05) is 12.5 Å². The van der Waals surface area contributed by atoms with Gasteiger partial charge in [-0.15, -0.1) is 0 Å². The highest BCUT2D eigenvalue weighted by Gasteiger charge is 2.30. The van der Waals surface area contributed by atoms with Gasteiger partial charge < -0.3 is 15.1 Å². The molecule has 0 radical (unpaired) electrons. The number of hydrogen-bond acceptors (Lipinski definition) is 3. The number of rotatable bonds is 6. The van der Waals surface area contributed by atoms with E-state index in [2.05, 4.69) is 6.58 Å². The minimum atomic E-state index is -1.03. The third-order valence-electron chi connectivity index (χ3n) is 2.91. The molecule has 0 aromatic rings. The monoisotopic (exact) mass is 239 g/mol. The Balaban J connectivity index is 4.81. The lowest BCUT2D eigenvalue weighted by molar-refractivity contribution is 0.0344. The first-order valence-electron chi connectivity index (χ1n) is 5.81. The van der Waals surface area contributed by atoms with E-state index in [1.54, 1.807) is 19.1 Å². The van der Waals surface area contributed by atoms with Gasteiger partial charge >= 0.3 is 0 Å². The highest BCUT2D eigenvalue weighted by atomic mass is 16.3. The fourth-order valence-corrected chi connectivity index (χ4v) is 1.59. The molecule has 0 aliphatic carbocycles. The van der Waals surface area contributed by atoms with Crippen molar-refractivity contribution in [2.24, 2.45) is 5.92 Å². The Morgan fingerprint density at radius 2 is 2.00 bits per heavy atom. The van der Waals surface area contributed by atoms with Gasteiger partial charge in [0.1, 0.15) is 5.76 Å². The van der Waals surface area contributed by atoms with Crippen LogP contribution in [0.4, 0.5) is 0 Å². The van der Waals surface area contributed by atoms with E-state index in [1.165, 1.54) is 6.08 Å². The van der Waals surface area contributed by atoms with Gasteiger partial charge in [0.2, 0.25) is 0 Å². The summed E-state index contributed by atoms with van der Waals surface area (Å²) in [6, 6.07) is 0. The van der Waals surface area contributed by atoms with E-state index in [9.17, 15) is 10.2 Å². The van der Waals surface area contributed by atoms with Crippen molar-refractivity contribution in [1.82, 2.24) is 4.90 Å². The summed E-state index contributed by atoms with van der Waals surface area (Å²) in [7, 11) is 3.92. The molecule has 0 heterocycles. The fourth-order valence-electron chi connectivity index (χ4n) is 1.59. The van der Waals surface area contributed by atoms with Crippen molar-refractivity contribution < 1.29 is 10.2 Å². The molecule has 0 aromatic carbocycles. The Morgan fingerprint density at radius 3 is 2.41 bits per heavy atom. The topological polar surface area (TPSA) is 43.7 Å². The minimum absolute atomic E-state index is 0.0275. The first-order valence-corrected chi connectivity index (χ1v) is 5.81. The summed E-state index contributed by atoms with van der Waals surface area (Å²) in [4.78, 5) is 2.02. The molecule has 0 saturated heterocycles. The van der Waals surface area contributed by atoms with E-state index < -0.39 is 5.60 Å². The van der Waals surface area contributed by atoms with Crippen LogP contribution in [0.5, 0.6) is 0 Å². The summed E-state index contributed by atoms with van der Waals surface area (Å²) >= 11 is 0. The van der Waals surface area contributed by atoms with Gasteiger partial charge in [-0.2, -0.15) is 0 Å². The smallest absolute Gasteiger partial charge is 0.115 e.